The summed E-state index contributed by atoms with van der Waals surface area (Å²) >= 11 is 0. The molecule has 1 aromatic rings. The molecule has 2 saturated carbocycles. The van der Waals surface area contributed by atoms with Gasteiger partial charge in [-0.1, -0.05) is 25.3 Å². The molecule has 0 N–H and O–H groups in total. The van der Waals surface area contributed by atoms with Crippen molar-refractivity contribution in [2.24, 2.45) is 4.99 Å². The molecule has 0 bridgehead atoms. The lowest BCUT2D eigenvalue weighted by Gasteiger charge is -2.24. The SMILES string of the molecule is COc1ccc(C2CCCCC2)cc1C1(N=C=O)CC1. The van der Waals surface area contributed by atoms with Crippen molar-refractivity contribution in [2.45, 2.75) is 56.4 Å². The Labute approximate surface area is 120 Å². The van der Waals surface area contributed by atoms with E-state index >= 15 is 0 Å². The predicted octanol–water partition coefficient (Wildman–Crippen LogP) is 4.07. The second-order valence-electron chi connectivity index (χ2n) is 6.03. The van der Waals surface area contributed by atoms with Crippen LogP contribution in [-0.2, 0) is 10.3 Å². The molecule has 1 aromatic carbocycles. The largest absolute Gasteiger partial charge is 0.496 e. The van der Waals surface area contributed by atoms with E-state index in [0.717, 1.165) is 24.2 Å². The van der Waals surface area contributed by atoms with E-state index in [2.05, 4.69) is 17.1 Å². The summed E-state index contributed by atoms with van der Waals surface area (Å²) in [7, 11) is 1.68. The summed E-state index contributed by atoms with van der Waals surface area (Å²) in [6.07, 6.45) is 10.1. The summed E-state index contributed by atoms with van der Waals surface area (Å²) in [6.45, 7) is 0. The normalized spacial score (nSPS) is 21.1. The Morgan fingerprint density at radius 3 is 2.60 bits per heavy atom. The number of rotatable bonds is 4. The molecule has 0 atom stereocenters. The first-order chi connectivity index (χ1) is 9.79. The van der Waals surface area contributed by atoms with Gasteiger partial charge in [0.05, 0.1) is 7.11 Å². The molecule has 2 fully saturated rings. The van der Waals surface area contributed by atoms with Crippen molar-refractivity contribution in [2.75, 3.05) is 7.11 Å². The van der Waals surface area contributed by atoms with Gasteiger partial charge in [0.15, 0.2) is 0 Å². The molecular formula is C17H21NO2. The smallest absolute Gasteiger partial charge is 0.235 e. The van der Waals surface area contributed by atoms with Crippen molar-refractivity contribution < 1.29 is 9.53 Å². The highest BCUT2D eigenvalue weighted by molar-refractivity contribution is 5.49. The fourth-order valence-corrected chi connectivity index (χ4v) is 3.43. The average molecular weight is 271 g/mol. The van der Waals surface area contributed by atoms with Crippen LogP contribution in [-0.4, -0.2) is 13.2 Å². The molecule has 0 aliphatic heterocycles. The van der Waals surface area contributed by atoms with Gasteiger partial charge in [-0.05, 0) is 49.3 Å². The van der Waals surface area contributed by atoms with Crippen molar-refractivity contribution in [3.8, 4) is 5.75 Å². The van der Waals surface area contributed by atoms with Gasteiger partial charge in [0.2, 0.25) is 6.08 Å². The average Bonchev–Trinajstić information content (AvgIpc) is 3.29. The monoisotopic (exact) mass is 271 g/mol. The Morgan fingerprint density at radius 1 is 1.25 bits per heavy atom. The molecule has 2 aliphatic carbocycles. The summed E-state index contributed by atoms with van der Waals surface area (Å²) in [4.78, 5) is 14.7. The zero-order chi connectivity index (χ0) is 14.0. The lowest BCUT2D eigenvalue weighted by Crippen LogP contribution is -2.09. The molecule has 0 heterocycles. The summed E-state index contributed by atoms with van der Waals surface area (Å²) in [5.74, 6) is 1.51. The van der Waals surface area contributed by atoms with Crippen LogP contribution in [0.2, 0.25) is 0 Å². The molecule has 0 spiro atoms. The van der Waals surface area contributed by atoms with Crippen LogP contribution in [0.3, 0.4) is 0 Å². The summed E-state index contributed by atoms with van der Waals surface area (Å²) in [6, 6.07) is 6.45. The molecule has 0 aromatic heterocycles. The summed E-state index contributed by atoms with van der Waals surface area (Å²) in [5, 5.41) is 0. The molecule has 2 aliphatic rings. The highest BCUT2D eigenvalue weighted by atomic mass is 16.5. The first-order valence-corrected chi connectivity index (χ1v) is 7.56. The van der Waals surface area contributed by atoms with Crippen LogP contribution in [0.15, 0.2) is 23.2 Å². The summed E-state index contributed by atoms with van der Waals surface area (Å²) in [5.41, 5.74) is 2.11. The van der Waals surface area contributed by atoms with Gasteiger partial charge in [-0.15, -0.1) is 0 Å². The highest BCUT2D eigenvalue weighted by Gasteiger charge is 2.47. The van der Waals surface area contributed by atoms with Gasteiger partial charge in [-0.3, -0.25) is 0 Å². The van der Waals surface area contributed by atoms with Crippen LogP contribution in [0.5, 0.6) is 5.75 Å². The maximum atomic E-state index is 10.7. The molecular weight excluding hydrogens is 250 g/mol. The quantitative estimate of drug-likeness (QED) is 0.611. The third-order valence-corrected chi connectivity index (χ3v) is 4.78. The van der Waals surface area contributed by atoms with E-state index in [0.29, 0.717) is 5.92 Å². The van der Waals surface area contributed by atoms with Crippen molar-refractivity contribution in [3.63, 3.8) is 0 Å². The van der Waals surface area contributed by atoms with E-state index in [1.807, 2.05) is 6.07 Å². The molecule has 3 rings (SSSR count). The van der Waals surface area contributed by atoms with Gasteiger partial charge < -0.3 is 4.74 Å². The minimum absolute atomic E-state index is 0.349. The molecule has 106 valence electrons. The molecule has 3 heteroatoms. The minimum Gasteiger partial charge on any atom is -0.496 e. The number of hydrogen-bond acceptors (Lipinski definition) is 3. The molecule has 0 radical (unpaired) electrons. The number of ether oxygens (including phenoxy) is 1. The zero-order valence-electron chi connectivity index (χ0n) is 12.0. The van der Waals surface area contributed by atoms with E-state index in [1.165, 1.54) is 37.7 Å². The number of hydrogen-bond donors (Lipinski definition) is 0. The Morgan fingerprint density at radius 2 is 2.00 bits per heavy atom. The number of benzene rings is 1. The standard InChI is InChI=1S/C17H21NO2/c1-20-16-8-7-14(13-5-3-2-4-6-13)11-15(16)17(9-10-17)18-12-19/h7-8,11,13H,2-6,9-10H2,1H3. The Bertz CT molecular complexity index is 536. The third-order valence-electron chi connectivity index (χ3n) is 4.78. The van der Waals surface area contributed by atoms with Gasteiger partial charge in [0.25, 0.3) is 0 Å². The molecule has 20 heavy (non-hydrogen) atoms. The Balaban J connectivity index is 1.96. The molecule has 0 unspecified atom stereocenters. The molecule has 0 amide bonds. The first kappa shape index (κ1) is 13.4. The predicted molar refractivity (Wildman–Crippen MR) is 77.9 cm³/mol. The second-order valence-corrected chi connectivity index (χ2v) is 6.03. The lowest BCUT2D eigenvalue weighted by molar-refractivity contribution is 0.402. The zero-order valence-corrected chi connectivity index (χ0v) is 12.0. The van der Waals surface area contributed by atoms with Crippen molar-refractivity contribution in [1.82, 2.24) is 0 Å². The van der Waals surface area contributed by atoms with E-state index in [4.69, 9.17) is 4.74 Å². The van der Waals surface area contributed by atoms with Gasteiger partial charge in [0.1, 0.15) is 11.3 Å². The Hall–Kier alpha value is -1.60. The number of carbonyl (C=O) groups excluding carboxylic acids is 1. The van der Waals surface area contributed by atoms with Gasteiger partial charge >= 0.3 is 0 Å². The highest BCUT2D eigenvalue weighted by Crippen LogP contribution is 2.53. The molecule has 0 saturated heterocycles. The Kier molecular flexibility index (Phi) is 3.62. The first-order valence-electron chi connectivity index (χ1n) is 7.56. The van der Waals surface area contributed by atoms with Crippen LogP contribution in [0.4, 0.5) is 0 Å². The maximum Gasteiger partial charge on any atom is 0.235 e. The number of nitrogens with zero attached hydrogens (tertiary/aromatic N) is 1. The summed E-state index contributed by atoms with van der Waals surface area (Å²) < 4.78 is 5.47. The van der Waals surface area contributed by atoms with Crippen molar-refractivity contribution >= 4 is 6.08 Å². The van der Waals surface area contributed by atoms with Gasteiger partial charge in [-0.2, -0.15) is 4.99 Å². The number of isocyanates is 1. The fourth-order valence-electron chi connectivity index (χ4n) is 3.43. The lowest BCUT2D eigenvalue weighted by atomic mass is 9.83. The van der Waals surface area contributed by atoms with E-state index in [1.54, 1.807) is 13.2 Å². The second kappa shape index (κ2) is 5.41. The van der Waals surface area contributed by atoms with Crippen LogP contribution < -0.4 is 4.74 Å². The van der Waals surface area contributed by atoms with Gasteiger partial charge in [0, 0.05) is 5.56 Å². The van der Waals surface area contributed by atoms with Crippen LogP contribution in [0, 0.1) is 0 Å². The number of aliphatic imine (C=N–C) groups is 1. The van der Waals surface area contributed by atoms with E-state index in [9.17, 15) is 4.79 Å². The minimum atomic E-state index is -0.349. The molecule has 3 nitrogen and oxygen atoms in total. The van der Waals surface area contributed by atoms with E-state index in [-0.39, 0.29) is 5.54 Å². The van der Waals surface area contributed by atoms with E-state index < -0.39 is 0 Å². The van der Waals surface area contributed by atoms with Crippen LogP contribution >= 0.6 is 0 Å². The van der Waals surface area contributed by atoms with Crippen molar-refractivity contribution in [1.29, 1.82) is 0 Å². The third kappa shape index (κ3) is 2.38. The van der Waals surface area contributed by atoms with Crippen LogP contribution in [0.1, 0.15) is 62.0 Å². The fraction of sp³-hybridized carbons (Fsp3) is 0.588. The topological polar surface area (TPSA) is 38.7 Å². The maximum absolute atomic E-state index is 10.7. The number of methoxy groups -OCH3 is 1. The van der Waals surface area contributed by atoms with Crippen molar-refractivity contribution in [3.05, 3.63) is 29.3 Å². The van der Waals surface area contributed by atoms with Crippen LogP contribution in [0.25, 0.3) is 0 Å². The van der Waals surface area contributed by atoms with Gasteiger partial charge in [-0.25, -0.2) is 4.79 Å².